The number of carbonyl (C=O) groups is 1. The number of nitrogens with one attached hydrogen (secondary N) is 1. The first-order valence-electron chi connectivity index (χ1n) is 5.85. The molecule has 4 nitrogen and oxygen atoms in total. The summed E-state index contributed by atoms with van der Waals surface area (Å²) in [6.45, 7) is 7.71. The second-order valence-corrected chi connectivity index (χ2v) is 4.40. The van der Waals surface area contributed by atoms with Crippen LogP contribution in [0, 0.1) is 5.92 Å². The molecule has 18 heavy (non-hydrogen) atoms. The van der Waals surface area contributed by atoms with Crippen LogP contribution in [0.15, 0.2) is 42.8 Å². The smallest absolute Gasteiger partial charge is 0.326 e. The number of carboxylic acids is 1. The largest absolute Gasteiger partial charge is 0.480 e. The average Bonchev–Trinajstić information content (AvgIpc) is 2.34. The first-order chi connectivity index (χ1) is 8.50. The summed E-state index contributed by atoms with van der Waals surface area (Å²) in [7, 11) is 0. The van der Waals surface area contributed by atoms with E-state index in [1.54, 1.807) is 0 Å². The quantitative estimate of drug-likeness (QED) is 0.728. The van der Waals surface area contributed by atoms with Crippen LogP contribution in [0.1, 0.15) is 19.4 Å². The third-order valence-corrected chi connectivity index (χ3v) is 2.51. The highest BCUT2D eigenvalue weighted by molar-refractivity contribution is 5.74. The maximum absolute atomic E-state index is 11.0. The van der Waals surface area contributed by atoms with Crippen LogP contribution >= 0.6 is 0 Å². The van der Waals surface area contributed by atoms with Crippen molar-refractivity contribution in [3.63, 3.8) is 0 Å². The Kier molecular flexibility index (Phi) is 5.24. The van der Waals surface area contributed by atoms with Gasteiger partial charge >= 0.3 is 5.97 Å². The van der Waals surface area contributed by atoms with Gasteiger partial charge in [0.05, 0.1) is 0 Å². The number of benzene rings is 1. The summed E-state index contributed by atoms with van der Waals surface area (Å²) in [4.78, 5) is 11.0. The average molecular weight is 249 g/mol. The third kappa shape index (κ3) is 4.49. The Morgan fingerprint density at radius 1 is 1.39 bits per heavy atom. The molecule has 0 aromatic heterocycles. The molecule has 4 heteroatoms. The van der Waals surface area contributed by atoms with Gasteiger partial charge in [0.15, 0.2) is 5.88 Å². The lowest BCUT2D eigenvalue weighted by Crippen LogP contribution is -2.40. The number of hydrogen-bond acceptors (Lipinski definition) is 3. The van der Waals surface area contributed by atoms with Crippen LogP contribution in [-0.2, 0) is 16.1 Å². The zero-order chi connectivity index (χ0) is 13.5. The van der Waals surface area contributed by atoms with Gasteiger partial charge in [-0.1, -0.05) is 44.2 Å². The van der Waals surface area contributed by atoms with Gasteiger partial charge in [0.2, 0.25) is 0 Å². The summed E-state index contributed by atoms with van der Waals surface area (Å²) < 4.78 is 5.39. The molecule has 2 N–H and O–H groups in total. The molecule has 0 aliphatic carbocycles. The van der Waals surface area contributed by atoms with E-state index in [-0.39, 0.29) is 11.8 Å². The van der Waals surface area contributed by atoms with Gasteiger partial charge in [0.1, 0.15) is 12.6 Å². The molecule has 0 heterocycles. The minimum atomic E-state index is -0.908. The Bertz CT molecular complexity index is 401. The van der Waals surface area contributed by atoms with E-state index >= 15 is 0 Å². The summed E-state index contributed by atoms with van der Waals surface area (Å²) in [5.41, 5.74) is 1.01. The molecular weight excluding hydrogens is 230 g/mol. The lowest BCUT2D eigenvalue weighted by atomic mass is 10.1. The SMILES string of the molecule is C=C(N[C@H](C(=O)O)C(C)C)OCc1ccccc1. The Balaban J connectivity index is 2.44. The van der Waals surface area contributed by atoms with E-state index in [0.29, 0.717) is 6.61 Å². The first kappa shape index (κ1) is 14.1. The number of aliphatic carboxylic acids is 1. The molecule has 0 unspecified atom stereocenters. The highest BCUT2D eigenvalue weighted by Gasteiger charge is 2.21. The van der Waals surface area contributed by atoms with E-state index in [4.69, 9.17) is 9.84 Å². The van der Waals surface area contributed by atoms with E-state index in [1.165, 1.54) is 0 Å². The molecule has 0 amide bonds. The number of ether oxygens (including phenoxy) is 1. The van der Waals surface area contributed by atoms with Crippen molar-refractivity contribution >= 4 is 5.97 Å². The van der Waals surface area contributed by atoms with Crippen LogP contribution in [0.25, 0.3) is 0 Å². The molecule has 0 aliphatic rings. The van der Waals surface area contributed by atoms with E-state index in [2.05, 4.69) is 11.9 Å². The van der Waals surface area contributed by atoms with E-state index in [0.717, 1.165) is 5.56 Å². The van der Waals surface area contributed by atoms with E-state index in [9.17, 15) is 4.79 Å². The zero-order valence-corrected chi connectivity index (χ0v) is 10.7. The Labute approximate surface area is 107 Å². The molecule has 1 aromatic rings. The van der Waals surface area contributed by atoms with Gasteiger partial charge in [-0.25, -0.2) is 4.79 Å². The molecule has 0 radical (unpaired) electrons. The Hall–Kier alpha value is -1.97. The molecule has 1 aromatic carbocycles. The maximum atomic E-state index is 11.0. The second kappa shape index (κ2) is 6.69. The predicted molar refractivity (Wildman–Crippen MR) is 69.8 cm³/mol. The lowest BCUT2D eigenvalue weighted by molar-refractivity contribution is -0.140. The monoisotopic (exact) mass is 249 g/mol. The topological polar surface area (TPSA) is 58.6 Å². The highest BCUT2D eigenvalue weighted by atomic mass is 16.5. The zero-order valence-electron chi connectivity index (χ0n) is 10.7. The van der Waals surface area contributed by atoms with Crippen LogP contribution in [0.4, 0.5) is 0 Å². The Morgan fingerprint density at radius 2 is 2.00 bits per heavy atom. The van der Waals surface area contributed by atoms with Gasteiger partial charge in [-0.2, -0.15) is 0 Å². The van der Waals surface area contributed by atoms with Gasteiger partial charge in [-0.15, -0.1) is 0 Å². The van der Waals surface area contributed by atoms with Crippen molar-refractivity contribution in [1.82, 2.24) is 5.32 Å². The van der Waals surface area contributed by atoms with Gasteiger partial charge in [-0.05, 0) is 18.1 Å². The second-order valence-electron chi connectivity index (χ2n) is 4.40. The van der Waals surface area contributed by atoms with Crippen molar-refractivity contribution in [3.8, 4) is 0 Å². The molecular formula is C14H19NO3. The van der Waals surface area contributed by atoms with E-state index in [1.807, 2.05) is 44.2 Å². The van der Waals surface area contributed by atoms with Gasteiger partial charge in [0.25, 0.3) is 0 Å². The number of rotatable bonds is 7. The van der Waals surface area contributed by atoms with Gasteiger partial charge < -0.3 is 15.2 Å². The number of hydrogen-bond donors (Lipinski definition) is 2. The molecule has 1 rings (SSSR count). The van der Waals surface area contributed by atoms with Gasteiger partial charge in [-0.3, -0.25) is 0 Å². The minimum Gasteiger partial charge on any atom is -0.480 e. The Morgan fingerprint density at radius 3 is 2.50 bits per heavy atom. The van der Waals surface area contributed by atoms with Crippen molar-refractivity contribution < 1.29 is 14.6 Å². The molecule has 1 atom stereocenters. The molecule has 0 aliphatic heterocycles. The fourth-order valence-electron chi connectivity index (χ4n) is 1.47. The lowest BCUT2D eigenvalue weighted by Gasteiger charge is -2.20. The first-order valence-corrected chi connectivity index (χ1v) is 5.85. The standard InChI is InChI=1S/C14H19NO3/c1-10(2)13(14(16)17)15-11(3)18-9-12-7-5-4-6-8-12/h4-8,10,13,15H,3,9H2,1-2H3,(H,16,17)/t13-/m0/s1. The summed E-state index contributed by atoms with van der Waals surface area (Å²) in [6, 6.07) is 8.95. The van der Waals surface area contributed by atoms with Crippen molar-refractivity contribution in [3.05, 3.63) is 48.4 Å². The van der Waals surface area contributed by atoms with Crippen molar-refractivity contribution in [2.24, 2.45) is 5.92 Å². The highest BCUT2D eigenvalue weighted by Crippen LogP contribution is 2.07. The number of carboxylic acid groups (broad SMARTS) is 1. The predicted octanol–water partition coefficient (Wildman–Crippen LogP) is 2.37. The summed E-state index contributed by atoms with van der Waals surface area (Å²) in [6.07, 6.45) is 0. The summed E-state index contributed by atoms with van der Waals surface area (Å²) in [5.74, 6) is -0.672. The molecule has 0 saturated carbocycles. The van der Waals surface area contributed by atoms with Crippen LogP contribution in [0.5, 0.6) is 0 Å². The molecule has 98 valence electrons. The summed E-state index contributed by atoms with van der Waals surface area (Å²) in [5, 5.41) is 11.8. The van der Waals surface area contributed by atoms with Crippen LogP contribution in [0.2, 0.25) is 0 Å². The fourth-order valence-corrected chi connectivity index (χ4v) is 1.47. The van der Waals surface area contributed by atoms with Crippen molar-refractivity contribution in [2.75, 3.05) is 0 Å². The van der Waals surface area contributed by atoms with Gasteiger partial charge in [0, 0.05) is 0 Å². The van der Waals surface area contributed by atoms with Crippen LogP contribution in [-0.4, -0.2) is 17.1 Å². The molecule has 0 spiro atoms. The van der Waals surface area contributed by atoms with Crippen LogP contribution < -0.4 is 5.32 Å². The summed E-state index contributed by atoms with van der Waals surface area (Å²) >= 11 is 0. The maximum Gasteiger partial charge on any atom is 0.326 e. The van der Waals surface area contributed by atoms with Crippen molar-refractivity contribution in [2.45, 2.75) is 26.5 Å². The van der Waals surface area contributed by atoms with Crippen molar-refractivity contribution in [1.29, 1.82) is 0 Å². The fraction of sp³-hybridized carbons (Fsp3) is 0.357. The molecule has 0 fully saturated rings. The normalized spacial score (nSPS) is 11.9. The third-order valence-electron chi connectivity index (χ3n) is 2.51. The van der Waals surface area contributed by atoms with E-state index < -0.39 is 12.0 Å². The molecule has 0 saturated heterocycles. The molecule has 0 bridgehead atoms. The van der Waals surface area contributed by atoms with Crippen LogP contribution in [0.3, 0.4) is 0 Å². The minimum absolute atomic E-state index is 0.0421.